The van der Waals surface area contributed by atoms with E-state index in [0.29, 0.717) is 0 Å². The summed E-state index contributed by atoms with van der Waals surface area (Å²) in [4.78, 5) is 0. The predicted octanol–water partition coefficient (Wildman–Crippen LogP) is 2.33. The molecule has 1 aliphatic heterocycles. The van der Waals surface area contributed by atoms with Gasteiger partial charge in [0.15, 0.2) is 0 Å². The average Bonchev–Trinajstić information content (AvgIpc) is 2.35. The Morgan fingerprint density at radius 1 is 0.818 bits per heavy atom. The second kappa shape index (κ2) is 3.57. The van der Waals surface area contributed by atoms with E-state index >= 15 is 0 Å². The molecule has 0 N–H and O–H groups in total. The fraction of sp³-hybridized carbons (Fsp3) is 1.00. The Morgan fingerprint density at radius 2 is 1.64 bits per heavy atom. The smallest absolute Gasteiger partial charge is 0.0274 e. The molecule has 1 heterocycles. The summed E-state index contributed by atoms with van der Waals surface area (Å²) in [5, 5.41) is 4.66. The lowest BCUT2D eigenvalue weighted by atomic mass is 9.88. The third-order valence-electron chi connectivity index (χ3n) is 3.23. The second-order valence-electron chi connectivity index (χ2n) is 4.01. The van der Waals surface area contributed by atoms with E-state index in [-0.39, 0.29) is 0 Å². The highest BCUT2D eigenvalue weighted by Crippen LogP contribution is 2.29. The number of hydrogen-bond acceptors (Lipinski definition) is 0. The quantitative estimate of drug-likeness (QED) is 0.506. The van der Waals surface area contributed by atoms with E-state index in [2.05, 4.69) is 5.32 Å². The highest BCUT2D eigenvalue weighted by Gasteiger charge is 2.27. The van der Waals surface area contributed by atoms with Crippen LogP contribution in [0, 0.1) is 5.92 Å². The van der Waals surface area contributed by atoms with Gasteiger partial charge in [-0.05, 0) is 25.2 Å². The van der Waals surface area contributed by atoms with Gasteiger partial charge in [0.2, 0.25) is 0 Å². The van der Waals surface area contributed by atoms with Crippen LogP contribution in [0.15, 0.2) is 0 Å². The van der Waals surface area contributed by atoms with Crippen LogP contribution in [-0.2, 0) is 0 Å². The Balaban J connectivity index is 1.89. The first-order valence-corrected chi connectivity index (χ1v) is 5.13. The molecule has 0 spiro atoms. The van der Waals surface area contributed by atoms with Crippen molar-refractivity contribution in [3.05, 3.63) is 0 Å². The minimum Gasteiger partial charge on any atom is -0.238 e. The maximum absolute atomic E-state index is 4.66. The predicted molar refractivity (Wildman–Crippen MR) is 46.6 cm³/mol. The molecule has 2 aliphatic rings. The molecule has 1 heteroatoms. The van der Waals surface area contributed by atoms with E-state index in [1.54, 1.807) is 0 Å². The summed E-state index contributed by atoms with van der Waals surface area (Å²) in [7, 11) is 0. The number of fused-ring (bicyclic) bond motifs is 1. The van der Waals surface area contributed by atoms with Crippen molar-refractivity contribution >= 4 is 0 Å². The molecule has 0 aromatic heterocycles. The number of hydrogen-bond donors (Lipinski definition) is 0. The summed E-state index contributed by atoms with van der Waals surface area (Å²) >= 11 is 0. The summed E-state index contributed by atoms with van der Waals surface area (Å²) in [5.74, 6) is 0.982. The van der Waals surface area contributed by atoms with Gasteiger partial charge in [-0.1, -0.05) is 25.7 Å². The molecule has 1 saturated heterocycles. The fourth-order valence-corrected chi connectivity index (χ4v) is 2.52. The van der Waals surface area contributed by atoms with E-state index in [1.807, 2.05) is 0 Å². The van der Waals surface area contributed by atoms with Crippen molar-refractivity contribution in [2.24, 2.45) is 5.92 Å². The molecule has 0 bridgehead atoms. The summed E-state index contributed by atoms with van der Waals surface area (Å²) in [5.41, 5.74) is 0. The van der Waals surface area contributed by atoms with Crippen LogP contribution in [0.25, 0.3) is 0 Å². The van der Waals surface area contributed by atoms with Gasteiger partial charge in [0, 0.05) is 12.6 Å². The molecule has 0 aromatic carbocycles. The van der Waals surface area contributed by atoms with Gasteiger partial charge in [0.05, 0.1) is 0 Å². The molecular formula is C10H18N. The van der Waals surface area contributed by atoms with E-state index in [1.165, 1.54) is 44.9 Å². The summed E-state index contributed by atoms with van der Waals surface area (Å²) in [6, 6.07) is 0.773. The molecule has 0 aromatic rings. The largest absolute Gasteiger partial charge is 0.238 e. The van der Waals surface area contributed by atoms with Crippen molar-refractivity contribution in [1.29, 1.82) is 0 Å². The van der Waals surface area contributed by atoms with Gasteiger partial charge in [0.25, 0.3) is 0 Å². The van der Waals surface area contributed by atoms with Crippen LogP contribution in [0.2, 0.25) is 0 Å². The highest BCUT2D eigenvalue weighted by molar-refractivity contribution is 4.84. The maximum atomic E-state index is 4.66. The van der Waals surface area contributed by atoms with Gasteiger partial charge >= 0.3 is 0 Å². The monoisotopic (exact) mass is 152 g/mol. The van der Waals surface area contributed by atoms with E-state index < -0.39 is 0 Å². The van der Waals surface area contributed by atoms with Crippen LogP contribution in [0.5, 0.6) is 0 Å². The summed E-state index contributed by atoms with van der Waals surface area (Å²) in [6.45, 7) is 1.16. The summed E-state index contributed by atoms with van der Waals surface area (Å²) in [6.07, 6.45) is 10.1. The van der Waals surface area contributed by atoms with Crippen LogP contribution >= 0.6 is 0 Å². The Kier molecular flexibility index (Phi) is 2.47. The van der Waals surface area contributed by atoms with E-state index in [4.69, 9.17) is 0 Å². The molecule has 1 saturated carbocycles. The Hall–Kier alpha value is -0.0400. The third-order valence-corrected chi connectivity index (χ3v) is 3.23. The van der Waals surface area contributed by atoms with Crippen molar-refractivity contribution in [3.63, 3.8) is 0 Å². The van der Waals surface area contributed by atoms with E-state index in [9.17, 15) is 0 Å². The molecular weight excluding hydrogens is 134 g/mol. The lowest BCUT2D eigenvalue weighted by Gasteiger charge is -2.20. The fourth-order valence-electron chi connectivity index (χ4n) is 2.52. The number of rotatable bonds is 0. The zero-order valence-corrected chi connectivity index (χ0v) is 7.26. The van der Waals surface area contributed by atoms with Crippen LogP contribution in [-0.4, -0.2) is 12.6 Å². The molecule has 2 fully saturated rings. The third kappa shape index (κ3) is 1.76. The maximum Gasteiger partial charge on any atom is 0.0274 e. The minimum absolute atomic E-state index is 0.773. The van der Waals surface area contributed by atoms with Crippen molar-refractivity contribution in [2.75, 3.05) is 6.54 Å². The first-order chi connectivity index (χ1) is 5.47. The molecule has 1 aliphatic carbocycles. The second-order valence-corrected chi connectivity index (χ2v) is 4.01. The highest BCUT2D eigenvalue weighted by atomic mass is 14.9. The zero-order chi connectivity index (χ0) is 7.52. The first kappa shape index (κ1) is 7.60. The molecule has 1 radical (unpaired) electrons. The standard InChI is InChI=1S/C10H18N/c1-2-4-6-10-9(5-3-1)7-8-11-10/h9-10H,1-8H2. The van der Waals surface area contributed by atoms with Gasteiger partial charge in [-0.25, -0.2) is 5.32 Å². The lowest BCUT2D eigenvalue weighted by molar-refractivity contribution is 0.345. The van der Waals surface area contributed by atoms with Gasteiger partial charge in [-0.3, -0.25) is 0 Å². The van der Waals surface area contributed by atoms with Crippen molar-refractivity contribution in [2.45, 2.75) is 51.0 Å². The lowest BCUT2D eigenvalue weighted by Crippen LogP contribution is -2.22. The van der Waals surface area contributed by atoms with Crippen molar-refractivity contribution in [1.82, 2.24) is 5.32 Å². The molecule has 2 atom stereocenters. The van der Waals surface area contributed by atoms with Gasteiger partial charge in [-0.2, -0.15) is 0 Å². The molecule has 0 amide bonds. The Morgan fingerprint density at radius 3 is 2.55 bits per heavy atom. The Labute approximate surface area is 69.6 Å². The minimum atomic E-state index is 0.773. The van der Waals surface area contributed by atoms with Crippen LogP contribution < -0.4 is 5.32 Å². The van der Waals surface area contributed by atoms with Gasteiger partial charge in [-0.15, -0.1) is 0 Å². The molecule has 63 valence electrons. The van der Waals surface area contributed by atoms with Crippen LogP contribution in [0.3, 0.4) is 0 Å². The summed E-state index contributed by atoms with van der Waals surface area (Å²) < 4.78 is 0. The SMILES string of the molecule is C1CCCC2[N]CCC2CC1. The van der Waals surface area contributed by atoms with E-state index in [0.717, 1.165) is 18.5 Å². The first-order valence-electron chi connectivity index (χ1n) is 5.13. The zero-order valence-electron chi connectivity index (χ0n) is 7.26. The molecule has 2 rings (SSSR count). The molecule has 2 unspecified atom stereocenters. The van der Waals surface area contributed by atoms with Crippen LogP contribution in [0.4, 0.5) is 0 Å². The van der Waals surface area contributed by atoms with Gasteiger partial charge in [0.1, 0.15) is 0 Å². The number of nitrogens with zero attached hydrogens (tertiary/aromatic N) is 1. The normalized spacial score (nSPS) is 39.3. The van der Waals surface area contributed by atoms with Crippen molar-refractivity contribution < 1.29 is 0 Å². The van der Waals surface area contributed by atoms with Crippen molar-refractivity contribution in [3.8, 4) is 0 Å². The average molecular weight is 152 g/mol. The topological polar surface area (TPSA) is 14.1 Å². The molecule has 1 nitrogen and oxygen atoms in total. The van der Waals surface area contributed by atoms with Crippen LogP contribution in [0.1, 0.15) is 44.9 Å². The van der Waals surface area contributed by atoms with Gasteiger partial charge < -0.3 is 0 Å². The Bertz CT molecular complexity index is 108. The molecule has 11 heavy (non-hydrogen) atoms.